The van der Waals surface area contributed by atoms with Gasteiger partial charge in [-0.1, -0.05) is 30.3 Å². The van der Waals surface area contributed by atoms with Gasteiger partial charge in [-0.3, -0.25) is 4.79 Å². The Labute approximate surface area is 118 Å². The number of hydrogen-bond acceptors (Lipinski definition) is 4. The molecular formula is C16H18O4. The fourth-order valence-electron chi connectivity index (χ4n) is 3.03. The van der Waals surface area contributed by atoms with Gasteiger partial charge < -0.3 is 14.6 Å². The van der Waals surface area contributed by atoms with Gasteiger partial charge in [0.15, 0.2) is 5.78 Å². The standard InChI is InChI=1S/C16H18O4/c1-19-15-7-11-14(8-13(15)17)20-9-12(16(11)18)10-5-3-2-4-6-10/h2-6,9,11,13-15,17H,7-8H2,1H3. The quantitative estimate of drug-likeness (QED) is 0.893. The maximum atomic E-state index is 12.6. The number of carbonyl (C=O) groups is 1. The number of ether oxygens (including phenoxy) is 2. The molecule has 20 heavy (non-hydrogen) atoms. The number of carbonyl (C=O) groups excluding carboxylic acids is 1. The topological polar surface area (TPSA) is 55.8 Å². The molecule has 0 saturated heterocycles. The van der Waals surface area contributed by atoms with Gasteiger partial charge in [-0.2, -0.15) is 0 Å². The van der Waals surface area contributed by atoms with E-state index in [4.69, 9.17) is 9.47 Å². The highest BCUT2D eigenvalue weighted by Gasteiger charge is 2.44. The van der Waals surface area contributed by atoms with Crippen LogP contribution in [0.5, 0.6) is 0 Å². The van der Waals surface area contributed by atoms with Crippen molar-refractivity contribution in [2.45, 2.75) is 31.2 Å². The second-order valence-electron chi connectivity index (χ2n) is 5.36. The Morgan fingerprint density at radius 3 is 2.70 bits per heavy atom. The van der Waals surface area contributed by atoms with Crippen molar-refractivity contribution in [3.63, 3.8) is 0 Å². The number of aliphatic hydroxyl groups excluding tert-OH is 1. The fraction of sp³-hybridized carbons (Fsp3) is 0.438. The Morgan fingerprint density at radius 2 is 2.00 bits per heavy atom. The van der Waals surface area contributed by atoms with Crippen LogP contribution < -0.4 is 0 Å². The van der Waals surface area contributed by atoms with Gasteiger partial charge in [0.2, 0.25) is 0 Å². The number of rotatable bonds is 2. The summed E-state index contributed by atoms with van der Waals surface area (Å²) in [6.45, 7) is 0. The molecule has 4 atom stereocenters. The maximum absolute atomic E-state index is 12.6. The molecule has 1 aromatic carbocycles. The Kier molecular flexibility index (Phi) is 3.59. The van der Waals surface area contributed by atoms with E-state index >= 15 is 0 Å². The minimum Gasteiger partial charge on any atom is -0.496 e. The van der Waals surface area contributed by atoms with Crippen molar-refractivity contribution >= 4 is 11.4 Å². The predicted molar refractivity (Wildman–Crippen MR) is 73.8 cm³/mol. The molecule has 1 N–H and O–H groups in total. The first-order valence-corrected chi connectivity index (χ1v) is 6.87. The van der Waals surface area contributed by atoms with Crippen LogP contribution in [0.25, 0.3) is 5.57 Å². The molecule has 106 valence electrons. The van der Waals surface area contributed by atoms with Crippen molar-refractivity contribution < 1.29 is 19.4 Å². The van der Waals surface area contributed by atoms with Crippen molar-refractivity contribution in [1.82, 2.24) is 0 Å². The van der Waals surface area contributed by atoms with E-state index in [9.17, 15) is 9.90 Å². The van der Waals surface area contributed by atoms with Gasteiger partial charge in [-0.15, -0.1) is 0 Å². The number of Topliss-reactive ketones (excluding diaryl/α,β-unsaturated/α-hetero) is 1. The number of hydrogen-bond donors (Lipinski definition) is 1. The van der Waals surface area contributed by atoms with Crippen LogP contribution in [0.4, 0.5) is 0 Å². The average Bonchev–Trinajstić information content (AvgIpc) is 2.48. The van der Waals surface area contributed by atoms with Gasteiger partial charge in [-0.05, 0) is 12.0 Å². The summed E-state index contributed by atoms with van der Waals surface area (Å²) in [5.41, 5.74) is 1.48. The van der Waals surface area contributed by atoms with Gasteiger partial charge in [0.05, 0.1) is 30.0 Å². The van der Waals surface area contributed by atoms with Gasteiger partial charge in [-0.25, -0.2) is 0 Å². The largest absolute Gasteiger partial charge is 0.496 e. The fourth-order valence-corrected chi connectivity index (χ4v) is 3.03. The van der Waals surface area contributed by atoms with E-state index < -0.39 is 6.10 Å². The van der Waals surface area contributed by atoms with Crippen LogP contribution in [0.1, 0.15) is 18.4 Å². The number of methoxy groups -OCH3 is 1. The first kappa shape index (κ1) is 13.3. The molecule has 1 fully saturated rings. The normalized spacial score (nSPS) is 33.1. The van der Waals surface area contributed by atoms with Crippen LogP contribution in [0.15, 0.2) is 36.6 Å². The van der Waals surface area contributed by atoms with Crippen molar-refractivity contribution in [2.75, 3.05) is 7.11 Å². The molecule has 1 saturated carbocycles. The molecule has 2 aliphatic rings. The summed E-state index contributed by atoms with van der Waals surface area (Å²) in [5, 5.41) is 9.94. The molecule has 1 heterocycles. The molecule has 4 nitrogen and oxygen atoms in total. The lowest BCUT2D eigenvalue weighted by Gasteiger charge is -2.39. The Balaban J connectivity index is 1.86. The van der Waals surface area contributed by atoms with E-state index in [2.05, 4.69) is 0 Å². The number of fused-ring (bicyclic) bond motifs is 1. The average molecular weight is 274 g/mol. The van der Waals surface area contributed by atoms with Crippen LogP contribution in [0.2, 0.25) is 0 Å². The van der Waals surface area contributed by atoms with Crippen LogP contribution in [-0.4, -0.2) is 36.3 Å². The molecule has 0 radical (unpaired) electrons. The summed E-state index contributed by atoms with van der Waals surface area (Å²) < 4.78 is 10.9. The van der Waals surface area contributed by atoms with E-state index in [1.807, 2.05) is 30.3 Å². The van der Waals surface area contributed by atoms with Crippen LogP contribution in [-0.2, 0) is 14.3 Å². The summed E-state index contributed by atoms with van der Waals surface area (Å²) >= 11 is 0. The molecular weight excluding hydrogens is 256 g/mol. The predicted octanol–water partition coefficient (Wildman–Crippen LogP) is 1.78. The Morgan fingerprint density at radius 1 is 1.25 bits per heavy atom. The van der Waals surface area contributed by atoms with E-state index in [1.54, 1.807) is 13.4 Å². The molecule has 0 bridgehead atoms. The minimum atomic E-state index is -0.569. The molecule has 3 rings (SSSR count). The summed E-state index contributed by atoms with van der Waals surface area (Å²) in [6.07, 6.45) is 1.38. The highest BCUT2D eigenvalue weighted by molar-refractivity contribution is 6.22. The molecule has 4 unspecified atom stereocenters. The van der Waals surface area contributed by atoms with E-state index in [1.165, 1.54) is 0 Å². The third kappa shape index (κ3) is 2.25. The number of ketones is 1. The van der Waals surface area contributed by atoms with Crippen molar-refractivity contribution in [3.05, 3.63) is 42.2 Å². The van der Waals surface area contributed by atoms with Crippen molar-refractivity contribution in [1.29, 1.82) is 0 Å². The van der Waals surface area contributed by atoms with Crippen LogP contribution in [0.3, 0.4) is 0 Å². The van der Waals surface area contributed by atoms with Gasteiger partial charge in [0.1, 0.15) is 6.10 Å². The zero-order valence-electron chi connectivity index (χ0n) is 11.4. The highest BCUT2D eigenvalue weighted by atomic mass is 16.5. The van der Waals surface area contributed by atoms with Crippen LogP contribution >= 0.6 is 0 Å². The minimum absolute atomic E-state index is 0.0846. The third-order valence-corrected chi connectivity index (χ3v) is 4.19. The maximum Gasteiger partial charge on any atom is 0.173 e. The second-order valence-corrected chi connectivity index (χ2v) is 5.36. The van der Waals surface area contributed by atoms with E-state index in [0.29, 0.717) is 18.4 Å². The molecule has 1 aromatic rings. The molecule has 0 aromatic heterocycles. The lowest BCUT2D eigenvalue weighted by Crippen LogP contribution is -2.47. The summed E-state index contributed by atoms with van der Waals surface area (Å²) in [5.74, 6) is -0.148. The number of benzene rings is 1. The first-order chi connectivity index (χ1) is 9.70. The van der Waals surface area contributed by atoms with Gasteiger partial charge in [0.25, 0.3) is 0 Å². The van der Waals surface area contributed by atoms with Crippen molar-refractivity contribution in [2.24, 2.45) is 5.92 Å². The first-order valence-electron chi connectivity index (χ1n) is 6.87. The Hall–Kier alpha value is -1.65. The lowest BCUT2D eigenvalue weighted by molar-refractivity contribution is -0.136. The molecule has 0 amide bonds. The zero-order chi connectivity index (χ0) is 14.1. The number of aliphatic hydroxyl groups is 1. The molecule has 1 aliphatic carbocycles. The lowest BCUT2D eigenvalue weighted by atomic mass is 9.76. The van der Waals surface area contributed by atoms with Gasteiger partial charge in [0, 0.05) is 13.5 Å². The Bertz CT molecular complexity index is 523. The molecule has 0 spiro atoms. The molecule has 4 heteroatoms. The smallest absolute Gasteiger partial charge is 0.173 e. The monoisotopic (exact) mass is 274 g/mol. The SMILES string of the molecule is COC1CC2C(=O)C(c3ccccc3)=COC2CC1O. The number of allylic oxidation sites excluding steroid dienone is 1. The van der Waals surface area contributed by atoms with E-state index in [-0.39, 0.29) is 23.9 Å². The second kappa shape index (κ2) is 5.38. The van der Waals surface area contributed by atoms with Crippen LogP contribution in [0, 0.1) is 5.92 Å². The molecule has 1 aliphatic heterocycles. The van der Waals surface area contributed by atoms with Crippen molar-refractivity contribution in [3.8, 4) is 0 Å². The third-order valence-electron chi connectivity index (χ3n) is 4.19. The zero-order valence-corrected chi connectivity index (χ0v) is 11.4. The summed E-state index contributed by atoms with van der Waals surface area (Å²) in [4.78, 5) is 12.6. The van der Waals surface area contributed by atoms with E-state index in [0.717, 1.165) is 5.56 Å². The summed E-state index contributed by atoms with van der Waals surface area (Å²) in [7, 11) is 1.57. The highest BCUT2D eigenvalue weighted by Crippen LogP contribution is 2.37. The summed E-state index contributed by atoms with van der Waals surface area (Å²) in [6, 6.07) is 9.52. The van der Waals surface area contributed by atoms with Gasteiger partial charge >= 0.3 is 0 Å².